The molecule has 1 unspecified atom stereocenters. The van der Waals surface area contributed by atoms with Gasteiger partial charge < -0.3 is 10.6 Å². The van der Waals surface area contributed by atoms with Gasteiger partial charge in [-0.1, -0.05) is 6.92 Å². The third kappa shape index (κ3) is 3.58. The summed E-state index contributed by atoms with van der Waals surface area (Å²) >= 11 is 1.69. The van der Waals surface area contributed by atoms with E-state index in [9.17, 15) is 9.59 Å². The number of nitrogens with zero attached hydrogens (tertiary/aromatic N) is 1. The van der Waals surface area contributed by atoms with Gasteiger partial charge in [-0.05, 0) is 55.7 Å². The Hall–Kier alpha value is -2.21. The van der Waals surface area contributed by atoms with E-state index in [2.05, 4.69) is 22.5 Å². The molecule has 2 amide bonds. The molecule has 25 heavy (non-hydrogen) atoms. The van der Waals surface area contributed by atoms with E-state index < -0.39 is 0 Å². The van der Waals surface area contributed by atoms with Gasteiger partial charge in [-0.2, -0.15) is 0 Å². The van der Waals surface area contributed by atoms with Crippen molar-refractivity contribution in [1.29, 1.82) is 0 Å². The summed E-state index contributed by atoms with van der Waals surface area (Å²) in [5.41, 5.74) is 2.64. The maximum Gasteiger partial charge on any atom is 0.256 e. The summed E-state index contributed by atoms with van der Waals surface area (Å²) in [5, 5.41) is 7.68. The Morgan fingerprint density at radius 1 is 1.20 bits per heavy atom. The average molecular weight is 355 g/mol. The highest BCUT2D eigenvalue weighted by atomic mass is 32.1. The lowest BCUT2D eigenvalue weighted by molar-refractivity contribution is -0.117. The number of aromatic nitrogens is 1. The van der Waals surface area contributed by atoms with Crippen molar-refractivity contribution in [3.05, 3.63) is 39.7 Å². The Balaban J connectivity index is 1.41. The molecule has 6 heteroatoms. The van der Waals surface area contributed by atoms with Crippen LogP contribution in [0.1, 0.15) is 47.0 Å². The first kappa shape index (κ1) is 16.3. The van der Waals surface area contributed by atoms with Gasteiger partial charge in [0.15, 0.2) is 0 Å². The Morgan fingerprint density at radius 3 is 2.76 bits per heavy atom. The molecule has 2 aromatic heterocycles. The van der Waals surface area contributed by atoms with Crippen molar-refractivity contribution in [3.8, 4) is 0 Å². The van der Waals surface area contributed by atoms with E-state index in [0.29, 0.717) is 17.4 Å². The summed E-state index contributed by atoms with van der Waals surface area (Å²) in [4.78, 5) is 29.9. The maximum absolute atomic E-state index is 12.6. The molecule has 2 aliphatic carbocycles. The average Bonchev–Trinajstić information content (AvgIpc) is 3.37. The van der Waals surface area contributed by atoms with E-state index >= 15 is 0 Å². The SMILES string of the molecule is CC1CCc2c(C(=O)Nc3ccc(NC(=O)C4CC4)nc3)csc2C1. The maximum atomic E-state index is 12.6. The van der Waals surface area contributed by atoms with Crippen LogP contribution in [0.5, 0.6) is 0 Å². The molecule has 1 saturated carbocycles. The summed E-state index contributed by atoms with van der Waals surface area (Å²) in [6.45, 7) is 2.26. The summed E-state index contributed by atoms with van der Waals surface area (Å²) in [5.74, 6) is 1.32. The molecule has 1 atom stereocenters. The zero-order valence-electron chi connectivity index (χ0n) is 14.2. The van der Waals surface area contributed by atoms with Gasteiger partial charge in [-0.25, -0.2) is 4.98 Å². The zero-order valence-corrected chi connectivity index (χ0v) is 15.0. The molecule has 0 spiro atoms. The largest absolute Gasteiger partial charge is 0.321 e. The van der Waals surface area contributed by atoms with Crippen molar-refractivity contribution < 1.29 is 9.59 Å². The van der Waals surface area contributed by atoms with Gasteiger partial charge in [0.2, 0.25) is 5.91 Å². The second-order valence-electron chi connectivity index (χ2n) is 7.05. The van der Waals surface area contributed by atoms with Gasteiger partial charge in [0.05, 0.1) is 17.4 Å². The molecule has 130 valence electrons. The van der Waals surface area contributed by atoms with Crippen LogP contribution in [0.2, 0.25) is 0 Å². The standard InChI is InChI=1S/C19H21N3O2S/c1-11-2-6-14-15(10-25-16(14)8-11)19(24)21-13-5-7-17(20-9-13)22-18(23)12-3-4-12/h5,7,9-12H,2-4,6,8H2,1H3,(H,21,24)(H,20,22,23). The van der Waals surface area contributed by atoms with Crippen LogP contribution in [0.4, 0.5) is 11.5 Å². The van der Waals surface area contributed by atoms with Gasteiger partial charge in [-0.3, -0.25) is 9.59 Å². The van der Waals surface area contributed by atoms with Crippen LogP contribution in [0.15, 0.2) is 23.7 Å². The second-order valence-corrected chi connectivity index (χ2v) is 8.01. The highest BCUT2D eigenvalue weighted by Crippen LogP contribution is 2.33. The number of carbonyl (C=O) groups is 2. The number of rotatable bonds is 4. The molecule has 1 fully saturated rings. The first-order valence-electron chi connectivity index (χ1n) is 8.77. The lowest BCUT2D eigenvalue weighted by Gasteiger charge is -2.18. The molecule has 0 aliphatic heterocycles. The first-order valence-corrected chi connectivity index (χ1v) is 9.65. The summed E-state index contributed by atoms with van der Waals surface area (Å²) in [6.07, 6.45) is 6.70. The molecule has 4 rings (SSSR count). The molecule has 0 saturated heterocycles. The quantitative estimate of drug-likeness (QED) is 0.874. The molecule has 0 bridgehead atoms. The fourth-order valence-electron chi connectivity index (χ4n) is 3.18. The molecule has 2 heterocycles. The van der Waals surface area contributed by atoms with E-state index in [4.69, 9.17) is 0 Å². The van der Waals surface area contributed by atoms with Gasteiger partial charge in [-0.15, -0.1) is 11.3 Å². The van der Waals surface area contributed by atoms with Gasteiger partial charge in [0, 0.05) is 16.2 Å². The molecular weight excluding hydrogens is 334 g/mol. The first-order chi connectivity index (χ1) is 12.1. The molecule has 0 radical (unpaired) electrons. The minimum absolute atomic E-state index is 0.0309. The normalized spacial score (nSPS) is 19.2. The fourth-order valence-corrected chi connectivity index (χ4v) is 4.43. The van der Waals surface area contributed by atoms with Crippen LogP contribution in [0.3, 0.4) is 0 Å². The number of pyridine rings is 1. The van der Waals surface area contributed by atoms with E-state index in [1.54, 1.807) is 29.7 Å². The van der Waals surface area contributed by atoms with E-state index in [1.807, 2.05) is 5.38 Å². The predicted molar refractivity (Wildman–Crippen MR) is 99.1 cm³/mol. The lowest BCUT2D eigenvalue weighted by Crippen LogP contribution is -2.17. The molecule has 2 aromatic rings. The smallest absolute Gasteiger partial charge is 0.256 e. The molecule has 5 nitrogen and oxygen atoms in total. The van der Waals surface area contributed by atoms with Crippen molar-refractivity contribution in [2.24, 2.45) is 11.8 Å². The third-order valence-corrected chi connectivity index (χ3v) is 5.92. The minimum Gasteiger partial charge on any atom is -0.321 e. The van der Waals surface area contributed by atoms with Gasteiger partial charge >= 0.3 is 0 Å². The molecule has 2 N–H and O–H groups in total. The summed E-state index contributed by atoms with van der Waals surface area (Å²) in [7, 11) is 0. The molecular formula is C19H21N3O2S. The molecule has 2 aliphatic rings. The number of nitrogens with one attached hydrogen (secondary N) is 2. The number of hydrogen-bond donors (Lipinski definition) is 2. The van der Waals surface area contributed by atoms with Crippen molar-refractivity contribution in [2.45, 2.75) is 39.0 Å². The second kappa shape index (κ2) is 6.59. The number of thiophene rings is 1. The minimum atomic E-state index is -0.0800. The summed E-state index contributed by atoms with van der Waals surface area (Å²) in [6, 6.07) is 3.50. The van der Waals surface area contributed by atoms with Crippen LogP contribution in [0, 0.1) is 11.8 Å². The topological polar surface area (TPSA) is 71.1 Å². The zero-order chi connectivity index (χ0) is 17.4. The number of anilines is 2. The highest BCUT2D eigenvalue weighted by molar-refractivity contribution is 7.10. The van der Waals surface area contributed by atoms with E-state index in [0.717, 1.165) is 37.7 Å². The fraction of sp³-hybridized carbons (Fsp3) is 0.421. The Morgan fingerprint density at radius 2 is 2.04 bits per heavy atom. The number of fused-ring (bicyclic) bond motifs is 1. The van der Waals surface area contributed by atoms with Crippen molar-refractivity contribution in [3.63, 3.8) is 0 Å². The number of amides is 2. The summed E-state index contributed by atoms with van der Waals surface area (Å²) < 4.78 is 0. The Kier molecular flexibility index (Phi) is 4.29. The van der Waals surface area contributed by atoms with E-state index in [-0.39, 0.29) is 17.7 Å². The van der Waals surface area contributed by atoms with Gasteiger partial charge in [0.1, 0.15) is 5.82 Å². The number of hydrogen-bond acceptors (Lipinski definition) is 4. The van der Waals surface area contributed by atoms with Crippen LogP contribution >= 0.6 is 11.3 Å². The van der Waals surface area contributed by atoms with Crippen molar-refractivity contribution in [2.75, 3.05) is 10.6 Å². The van der Waals surface area contributed by atoms with Crippen LogP contribution in [-0.2, 0) is 17.6 Å². The lowest BCUT2D eigenvalue weighted by atomic mass is 9.88. The Labute approximate surface area is 150 Å². The monoisotopic (exact) mass is 355 g/mol. The van der Waals surface area contributed by atoms with Crippen LogP contribution in [-0.4, -0.2) is 16.8 Å². The van der Waals surface area contributed by atoms with Gasteiger partial charge in [0.25, 0.3) is 5.91 Å². The highest BCUT2D eigenvalue weighted by Gasteiger charge is 2.29. The van der Waals surface area contributed by atoms with E-state index in [1.165, 1.54) is 10.4 Å². The van der Waals surface area contributed by atoms with Crippen molar-refractivity contribution in [1.82, 2.24) is 4.98 Å². The number of carbonyl (C=O) groups excluding carboxylic acids is 2. The van der Waals surface area contributed by atoms with Crippen LogP contribution in [0.25, 0.3) is 0 Å². The molecule has 0 aromatic carbocycles. The Bertz CT molecular complexity index is 809. The predicted octanol–water partition coefficient (Wildman–Crippen LogP) is 3.87. The van der Waals surface area contributed by atoms with Crippen molar-refractivity contribution >= 4 is 34.7 Å². The van der Waals surface area contributed by atoms with Crippen LogP contribution < -0.4 is 10.6 Å². The third-order valence-electron chi connectivity index (χ3n) is 4.87.